The Balaban J connectivity index is 1.77. The summed E-state index contributed by atoms with van der Waals surface area (Å²) in [4.78, 5) is 6.45. The van der Waals surface area contributed by atoms with Crippen molar-refractivity contribution in [2.24, 2.45) is 4.99 Å². The summed E-state index contributed by atoms with van der Waals surface area (Å²) in [6.45, 7) is 6.47. The van der Waals surface area contributed by atoms with Gasteiger partial charge in [-0.25, -0.2) is 0 Å². The van der Waals surface area contributed by atoms with Gasteiger partial charge in [-0.3, -0.25) is 4.99 Å². The van der Waals surface area contributed by atoms with Crippen LogP contribution in [0.25, 0.3) is 0 Å². The second kappa shape index (κ2) is 10.6. The molecule has 0 amide bonds. The fraction of sp³-hybridized carbons (Fsp3) is 0.409. The predicted molar refractivity (Wildman–Crippen MR) is 113 cm³/mol. The van der Waals surface area contributed by atoms with Crippen molar-refractivity contribution in [3.8, 4) is 5.75 Å². The normalized spacial score (nSPS) is 12.7. The molecule has 0 heterocycles. The molecule has 0 spiro atoms. The lowest BCUT2D eigenvalue weighted by Crippen LogP contribution is -2.41. The second-order valence-corrected chi connectivity index (χ2v) is 7.05. The van der Waals surface area contributed by atoms with Gasteiger partial charge in [0.15, 0.2) is 5.96 Å². The molecule has 2 aromatic rings. The number of ether oxygens (including phenoxy) is 1. The van der Waals surface area contributed by atoms with E-state index in [0.717, 1.165) is 30.4 Å². The highest BCUT2D eigenvalue weighted by Crippen LogP contribution is 2.17. The average Bonchev–Trinajstić information content (AvgIpc) is 2.64. The van der Waals surface area contributed by atoms with E-state index in [1.807, 2.05) is 18.2 Å². The van der Waals surface area contributed by atoms with Crippen LogP contribution in [0.5, 0.6) is 5.75 Å². The third kappa shape index (κ3) is 7.31. The summed E-state index contributed by atoms with van der Waals surface area (Å²) < 4.78 is 6.00. The highest BCUT2D eigenvalue weighted by Gasteiger charge is 2.07. The molecule has 0 aromatic heterocycles. The largest absolute Gasteiger partial charge is 0.489 e. The van der Waals surface area contributed by atoms with Gasteiger partial charge in [-0.1, -0.05) is 42.5 Å². The molecule has 0 aliphatic heterocycles. The molecule has 1 atom stereocenters. The summed E-state index contributed by atoms with van der Waals surface area (Å²) in [6.07, 6.45) is 0.0370. The van der Waals surface area contributed by atoms with Crippen molar-refractivity contribution in [1.29, 1.82) is 0 Å². The lowest BCUT2D eigenvalue weighted by molar-refractivity contribution is 0.222. The first-order valence-electron chi connectivity index (χ1n) is 9.37. The number of nitrogens with zero attached hydrogens (tertiary/aromatic N) is 2. The van der Waals surface area contributed by atoms with Gasteiger partial charge in [0.1, 0.15) is 11.9 Å². The summed E-state index contributed by atoms with van der Waals surface area (Å²) in [5, 5.41) is 6.67. The predicted octanol–water partition coefficient (Wildman–Crippen LogP) is 3.19. The Labute approximate surface area is 163 Å². The molecule has 146 valence electrons. The number of guanidine groups is 1. The van der Waals surface area contributed by atoms with Gasteiger partial charge in [-0.15, -0.1) is 0 Å². The fourth-order valence-corrected chi connectivity index (χ4v) is 2.72. The van der Waals surface area contributed by atoms with Crippen molar-refractivity contribution < 1.29 is 4.74 Å². The fourth-order valence-electron chi connectivity index (χ4n) is 2.72. The summed E-state index contributed by atoms with van der Waals surface area (Å²) in [5.74, 6) is 1.69. The highest BCUT2D eigenvalue weighted by molar-refractivity contribution is 5.79. The molecule has 0 bridgehead atoms. The van der Waals surface area contributed by atoms with E-state index in [4.69, 9.17) is 4.74 Å². The van der Waals surface area contributed by atoms with Crippen molar-refractivity contribution in [3.05, 3.63) is 65.2 Å². The van der Waals surface area contributed by atoms with Gasteiger partial charge in [0.2, 0.25) is 0 Å². The van der Waals surface area contributed by atoms with E-state index < -0.39 is 0 Å². The molecule has 0 aliphatic carbocycles. The zero-order chi connectivity index (χ0) is 19.6. The molecule has 5 heteroatoms. The van der Waals surface area contributed by atoms with Crippen LogP contribution in [0, 0.1) is 6.92 Å². The molecule has 5 nitrogen and oxygen atoms in total. The average molecular weight is 369 g/mol. The van der Waals surface area contributed by atoms with Gasteiger partial charge < -0.3 is 20.3 Å². The third-order valence-corrected chi connectivity index (χ3v) is 4.18. The second-order valence-electron chi connectivity index (χ2n) is 7.05. The molecule has 27 heavy (non-hydrogen) atoms. The molecule has 0 radical (unpaired) electrons. The molecule has 0 aliphatic rings. The van der Waals surface area contributed by atoms with Crippen molar-refractivity contribution in [2.45, 2.75) is 33.0 Å². The van der Waals surface area contributed by atoms with Crippen molar-refractivity contribution in [1.82, 2.24) is 15.5 Å². The van der Waals surface area contributed by atoms with Crippen molar-refractivity contribution in [2.75, 3.05) is 27.7 Å². The maximum Gasteiger partial charge on any atom is 0.191 e. The number of aryl methyl sites for hydroxylation is 1. The van der Waals surface area contributed by atoms with Crippen LogP contribution < -0.4 is 15.4 Å². The number of benzene rings is 2. The van der Waals surface area contributed by atoms with Gasteiger partial charge in [0.05, 0.1) is 6.54 Å². The molecule has 2 aromatic carbocycles. The van der Waals surface area contributed by atoms with E-state index in [1.165, 1.54) is 11.1 Å². The smallest absolute Gasteiger partial charge is 0.191 e. The first-order valence-corrected chi connectivity index (χ1v) is 9.37. The Morgan fingerprint density at radius 3 is 2.33 bits per heavy atom. The summed E-state index contributed by atoms with van der Waals surface area (Å²) in [5.41, 5.74) is 3.68. The Morgan fingerprint density at radius 1 is 1.04 bits per heavy atom. The van der Waals surface area contributed by atoms with Gasteiger partial charge in [-0.05, 0) is 50.7 Å². The SMILES string of the molecule is CN=C(NCc1ccc(CN(C)C)cc1)NCC(C)Oc1ccccc1C. The van der Waals surface area contributed by atoms with Crippen LogP contribution in [-0.4, -0.2) is 44.7 Å². The van der Waals surface area contributed by atoms with Gasteiger partial charge in [0.25, 0.3) is 0 Å². The Hall–Kier alpha value is -2.53. The van der Waals surface area contributed by atoms with Crippen LogP contribution in [0.3, 0.4) is 0 Å². The number of aliphatic imine (C=N–C) groups is 1. The van der Waals surface area contributed by atoms with E-state index in [9.17, 15) is 0 Å². The van der Waals surface area contributed by atoms with Crippen molar-refractivity contribution >= 4 is 5.96 Å². The molecular weight excluding hydrogens is 336 g/mol. The summed E-state index contributed by atoms with van der Waals surface area (Å²) >= 11 is 0. The zero-order valence-corrected chi connectivity index (χ0v) is 17.1. The lowest BCUT2D eigenvalue weighted by atomic mass is 10.1. The minimum absolute atomic E-state index is 0.0370. The zero-order valence-electron chi connectivity index (χ0n) is 17.1. The number of hydrogen-bond acceptors (Lipinski definition) is 3. The summed E-state index contributed by atoms with van der Waals surface area (Å²) in [6, 6.07) is 16.7. The highest BCUT2D eigenvalue weighted by atomic mass is 16.5. The van der Waals surface area contributed by atoms with Gasteiger partial charge in [0, 0.05) is 20.1 Å². The molecule has 1 unspecified atom stereocenters. The van der Waals surface area contributed by atoms with Gasteiger partial charge >= 0.3 is 0 Å². The van der Waals surface area contributed by atoms with E-state index in [2.05, 4.69) is 78.8 Å². The van der Waals surface area contributed by atoms with E-state index in [1.54, 1.807) is 7.05 Å². The number of hydrogen-bond donors (Lipinski definition) is 2. The number of rotatable bonds is 8. The minimum atomic E-state index is 0.0370. The van der Waals surface area contributed by atoms with Crippen LogP contribution in [0.1, 0.15) is 23.6 Å². The van der Waals surface area contributed by atoms with Crippen LogP contribution in [0.15, 0.2) is 53.5 Å². The van der Waals surface area contributed by atoms with Crippen LogP contribution in [0.2, 0.25) is 0 Å². The Morgan fingerprint density at radius 2 is 1.70 bits per heavy atom. The molecule has 0 saturated carbocycles. The number of nitrogens with one attached hydrogen (secondary N) is 2. The van der Waals surface area contributed by atoms with Crippen LogP contribution in [-0.2, 0) is 13.1 Å². The minimum Gasteiger partial charge on any atom is -0.489 e. The van der Waals surface area contributed by atoms with E-state index in [0.29, 0.717) is 6.54 Å². The summed E-state index contributed by atoms with van der Waals surface area (Å²) in [7, 11) is 5.94. The molecule has 2 rings (SSSR count). The van der Waals surface area contributed by atoms with Crippen LogP contribution >= 0.6 is 0 Å². The lowest BCUT2D eigenvalue weighted by Gasteiger charge is -2.19. The molecule has 0 fully saturated rings. The Kier molecular flexibility index (Phi) is 8.14. The van der Waals surface area contributed by atoms with Crippen LogP contribution in [0.4, 0.5) is 0 Å². The standard InChI is InChI=1S/C22H32N4O/c1-17-8-6-7-9-21(17)27-18(2)14-24-22(23-3)25-15-19-10-12-20(13-11-19)16-26(4)5/h6-13,18H,14-16H2,1-5H3,(H2,23,24,25). The monoisotopic (exact) mass is 368 g/mol. The maximum atomic E-state index is 6.00. The van der Waals surface area contributed by atoms with Gasteiger partial charge in [-0.2, -0.15) is 0 Å². The topological polar surface area (TPSA) is 48.9 Å². The molecule has 2 N–H and O–H groups in total. The quantitative estimate of drug-likeness (QED) is 0.555. The van der Waals surface area contributed by atoms with E-state index >= 15 is 0 Å². The maximum absolute atomic E-state index is 6.00. The van der Waals surface area contributed by atoms with Crippen molar-refractivity contribution in [3.63, 3.8) is 0 Å². The van der Waals surface area contributed by atoms with E-state index in [-0.39, 0.29) is 6.10 Å². The third-order valence-electron chi connectivity index (χ3n) is 4.18. The molecule has 0 saturated heterocycles. The Bertz CT molecular complexity index is 725. The first-order chi connectivity index (χ1) is 13.0. The first kappa shape index (κ1) is 20.8. The number of para-hydroxylation sites is 1. The molecular formula is C22H32N4O.